The highest BCUT2D eigenvalue weighted by Gasteiger charge is 2.60. The quantitative estimate of drug-likeness (QED) is 0.277. The van der Waals surface area contributed by atoms with Crippen molar-refractivity contribution in [3.63, 3.8) is 0 Å². The summed E-state index contributed by atoms with van der Waals surface area (Å²) in [6.45, 7) is 17.4. The van der Waals surface area contributed by atoms with Gasteiger partial charge in [0.05, 0.1) is 52.9 Å². The lowest BCUT2D eigenvalue weighted by molar-refractivity contribution is -0.370. The third-order valence-electron chi connectivity index (χ3n) is 8.96. The van der Waals surface area contributed by atoms with Crippen LogP contribution in [0.3, 0.4) is 0 Å². The van der Waals surface area contributed by atoms with E-state index in [0.717, 1.165) is 0 Å². The van der Waals surface area contributed by atoms with Gasteiger partial charge in [-0.15, -0.1) is 0 Å². The van der Waals surface area contributed by atoms with Crippen molar-refractivity contribution in [3.05, 3.63) is 0 Å². The molecule has 7 rings (SSSR count). The number of rotatable bonds is 12. The van der Waals surface area contributed by atoms with Gasteiger partial charge in [-0.25, -0.2) is 0 Å². The van der Waals surface area contributed by atoms with Crippen LogP contribution < -0.4 is 0 Å². The fraction of sp³-hybridized carbons (Fsp3) is 1.00. The average Bonchev–Trinajstić information content (AvgIpc) is 3.54. The third kappa shape index (κ3) is 7.71. The van der Waals surface area contributed by atoms with E-state index in [1.807, 2.05) is 55.4 Å². The van der Waals surface area contributed by atoms with Gasteiger partial charge in [0.2, 0.25) is 5.66 Å². The number of hydrogen-bond donors (Lipinski definition) is 0. The Morgan fingerprint density at radius 1 is 0.489 bits per heavy atom. The van der Waals surface area contributed by atoms with Crippen LogP contribution in [0.1, 0.15) is 55.4 Å². The van der Waals surface area contributed by atoms with E-state index in [2.05, 4.69) is 10.2 Å². The maximum atomic E-state index is 6.20. The molecular weight excluding hydrogens is 624 g/mol. The van der Waals surface area contributed by atoms with Crippen molar-refractivity contribution in [1.29, 1.82) is 0 Å². The molecule has 7 heterocycles. The van der Waals surface area contributed by atoms with Gasteiger partial charge in [0, 0.05) is 0 Å². The first kappa shape index (κ1) is 34.5. The van der Waals surface area contributed by atoms with Crippen molar-refractivity contribution in [2.45, 2.75) is 146 Å². The molecule has 16 heteroatoms. The Hall–Kier alpha value is -0.960. The number of ether oxygens (including phenoxy) is 14. The highest BCUT2D eigenvalue weighted by molar-refractivity contribution is 5.00. The first-order valence-electron chi connectivity index (χ1n) is 16.6. The molecule has 0 aromatic heterocycles. The minimum atomic E-state index is -0.787. The van der Waals surface area contributed by atoms with E-state index in [0.29, 0.717) is 26.4 Å². The fourth-order valence-corrected chi connectivity index (χ4v) is 6.90. The van der Waals surface area contributed by atoms with E-state index < -0.39 is 53.6 Å². The minimum absolute atomic E-state index is 0.262. The van der Waals surface area contributed by atoms with Crippen molar-refractivity contribution in [3.8, 4) is 0 Å². The molecule has 47 heavy (non-hydrogen) atoms. The van der Waals surface area contributed by atoms with Gasteiger partial charge in [0.15, 0.2) is 35.7 Å². The van der Waals surface area contributed by atoms with E-state index >= 15 is 0 Å². The zero-order chi connectivity index (χ0) is 33.2. The molecule has 6 fully saturated rings. The van der Waals surface area contributed by atoms with Crippen molar-refractivity contribution >= 4 is 0 Å². The SMILES string of the molecule is CC1(C)O[C@@H]2[C@H](O1)[C@@H](OCCOCC1(COCCO[C@H]3O[C@@H]4COC(C)(C)O[C@H]4[C@@H]4OC(C)(C)O[C@H]34)N=N1)O[C@@H]1COC(C)(C)O[C@@H]21. The topological polar surface area (TPSA) is 154 Å². The zero-order valence-corrected chi connectivity index (χ0v) is 28.5. The van der Waals surface area contributed by atoms with Crippen LogP contribution in [0.5, 0.6) is 0 Å². The molecule has 16 nitrogen and oxygen atoms in total. The summed E-state index contributed by atoms with van der Waals surface area (Å²) in [6, 6.07) is 0. The number of nitrogens with zero attached hydrogens (tertiary/aromatic N) is 2. The molecule has 0 radical (unpaired) electrons. The largest absolute Gasteiger partial charge is 0.374 e. The molecule has 0 amide bonds. The smallest absolute Gasteiger partial charge is 0.236 e. The predicted molar refractivity (Wildman–Crippen MR) is 156 cm³/mol. The van der Waals surface area contributed by atoms with Crippen LogP contribution in [0.15, 0.2) is 10.2 Å². The molecule has 0 bridgehead atoms. The molecule has 10 atom stereocenters. The van der Waals surface area contributed by atoms with E-state index in [9.17, 15) is 0 Å². The molecule has 7 aliphatic rings. The van der Waals surface area contributed by atoms with Crippen molar-refractivity contribution in [2.24, 2.45) is 10.2 Å². The molecule has 0 aromatic rings. The second kappa shape index (κ2) is 12.7. The van der Waals surface area contributed by atoms with Crippen LogP contribution >= 0.6 is 0 Å². The molecule has 0 aromatic carbocycles. The summed E-state index contributed by atoms with van der Waals surface area (Å²) in [7, 11) is 0. The van der Waals surface area contributed by atoms with Gasteiger partial charge in [-0.05, 0) is 55.4 Å². The highest BCUT2D eigenvalue weighted by atomic mass is 16.8. The second-order valence-corrected chi connectivity index (χ2v) is 14.8. The average molecular weight is 675 g/mol. The standard InChI is InChI=1S/C31H50N2O14/c1-27(2)38-13-17-19(42-27)21-23(46-29(5,6)44-21)25(40-17)36-11-9-34-15-31(32-33-31)16-35-10-12-37-26-24-22(45-30(7,8)47-24)20-18(41-26)14-39-28(3,4)43-20/h17-26H,9-16H2,1-8H3/t17-,18-,19-,20-,21+,22+,23+,24+,25+,26+/m1/s1. The van der Waals surface area contributed by atoms with Crippen molar-refractivity contribution < 1.29 is 66.3 Å². The zero-order valence-electron chi connectivity index (χ0n) is 28.5. The van der Waals surface area contributed by atoms with Gasteiger partial charge >= 0.3 is 0 Å². The summed E-state index contributed by atoms with van der Waals surface area (Å²) in [4.78, 5) is 0. The lowest BCUT2D eigenvalue weighted by atomic mass is 9.97. The summed E-state index contributed by atoms with van der Waals surface area (Å²) >= 11 is 0. The maximum Gasteiger partial charge on any atom is 0.236 e. The Balaban J connectivity index is 0.810. The van der Waals surface area contributed by atoms with Gasteiger partial charge in [-0.3, -0.25) is 0 Å². The van der Waals surface area contributed by atoms with Crippen molar-refractivity contribution in [2.75, 3.05) is 52.9 Å². The lowest BCUT2D eigenvalue weighted by Crippen LogP contribution is -2.64. The van der Waals surface area contributed by atoms with Crippen LogP contribution in [-0.4, -0.2) is 143 Å². The molecule has 0 N–H and O–H groups in total. The predicted octanol–water partition coefficient (Wildman–Crippen LogP) is 2.01. The Labute approximate surface area is 275 Å². The Morgan fingerprint density at radius 2 is 0.872 bits per heavy atom. The van der Waals surface area contributed by atoms with E-state index in [1.165, 1.54) is 0 Å². The third-order valence-corrected chi connectivity index (χ3v) is 8.96. The number of hydrogen-bond acceptors (Lipinski definition) is 16. The van der Waals surface area contributed by atoms with E-state index in [4.69, 9.17) is 66.3 Å². The van der Waals surface area contributed by atoms with Crippen LogP contribution in [0.25, 0.3) is 0 Å². The van der Waals surface area contributed by atoms with Crippen LogP contribution in [0.2, 0.25) is 0 Å². The summed E-state index contributed by atoms with van der Waals surface area (Å²) in [5.74, 6) is -3.03. The molecule has 0 spiro atoms. The molecule has 268 valence electrons. The molecule has 7 aliphatic heterocycles. The fourth-order valence-electron chi connectivity index (χ4n) is 6.90. The monoisotopic (exact) mass is 674 g/mol. The maximum absolute atomic E-state index is 6.20. The Bertz CT molecular complexity index is 1070. The molecule has 0 aliphatic carbocycles. The minimum Gasteiger partial charge on any atom is -0.374 e. The van der Waals surface area contributed by atoms with Crippen LogP contribution in [0, 0.1) is 0 Å². The molecular formula is C31H50N2O14. The normalized spacial score (nSPS) is 43.1. The van der Waals surface area contributed by atoms with Gasteiger partial charge in [0.1, 0.15) is 48.8 Å². The summed E-state index contributed by atoms with van der Waals surface area (Å²) in [6.07, 6.45) is -4.21. The summed E-state index contributed by atoms with van der Waals surface area (Å²) < 4.78 is 84.8. The molecule has 0 unspecified atom stereocenters. The van der Waals surface area contributed by atoms with Crippen LogP contribution in [0.4, 0.5) is 0 Å². The lowest BCUT2D eigenvalue weighted by Gasteiger charge is -2.48. The van der Waals surface area contributed by atoms with Gasteiger partial charge < -0.3 is 66.3 Å². The Kier molecular flexibility index (Phi) is 9.30. The molecule has 0 saturated carbocycles. The van der Waals surface area contributed by atoms with Crippen LogP contribution in [-0.2, 0) is 66.3 Å². The van der Waals surface area contributed by atoms with Gasteiger partial charge in [-0.1, -0.05) is 0 Å². The highest BCUT2D eigenvalue weighted by Crippen LogP contribution is 2.43. The van der Waals surface area contributed by atoms with Gasteiger partial charge in [-0.2, -0.15) is 10.2 Å². The van der Waals surface area contributed by atoms with E-state index in [-0.39, 0.29) is 63.1 Å². The van der Waals surface area contributed by atoms with Crippen molar-refractivity contribution in [1.82, 2.24) is 0 Å². The van der Waals surface area contributed by atoms with E-state index in [1.54, 1.807) is 0 Å². The molecule has 6 saturated heterocycles. The Morgan fingerprint density at radius 3 is 1.28 bits per heavy atom. The summed E-state index contributed by atoms with van der Waals surface area (Å²) in [5, 5.41) is 8.31. The first-order valence-corrected chi connectivity index (χ1v) is 16.6. The summed E-state index contributed by atoms with van der Waals surface area (Å²) in [5.41, 5.74) is -0.731. The second-order valence-electron chi connectivity index (χ2n) is 14.8. The number of fused-ring (bicyclic) bond motifs is 6. The first-order chi connectivity index (χ1) is 22.1. The van der Waals surface area contributed by atoms with Gasteiger partial charge in [0.25, 0.3) is 0 Å².